The highest BCUT2D eigenvalue weighted by Crippen LogP contribution is 2.30. The molecule has 1 aliphatic rings. The molecule has 0 unspecified atom stereocenters. The molecule has 2 rings (SSSR count). The van der Waals surface area contributed by atoms with E-state index in [4.69, 9.17) is 4.74 Å². The highest BCUT2D eigenvalue weighted by Gasteiger charge is 2.22. The fourth-order valence-electron chi connectivity index (χ4n) is 2.61. The number of nitrogens with one attached hydrogen (secondary N) is 1. The van der Waals surface area contributed by atoms with E-state index in [1.54, 1.807) is 0 Å². The van der Waals surface area contributed by atoms with Gasteiger partial charge in [-0.3, -0.25) is 4.79 Å². The van der Waals surface area contributed by atoms with Crippen LogP contribution in [0.15, 0.2) is 18.2 Å². The van der Waals surface area contributed by atoms with Crippen LogP contribution < -0.4 is 15.4 Å². The van der Waals surface area contributed by atoms with Crippen molar-refractivity contribution in [2.45, 2.75) is 51.7 Å². The number of benzene rings is 1. The number of fused-ring (bicyclic) bond motifs is 1. The maximum Gasteiger partial charge on any atom is 0.282 e. The molecular formula is C16H25N2O2+. The van der Waals surface area contributed by atoms with Crippen LogP contribution in [0.25, 0.3) is 0 Å². The van der Waals surface area contributed by atoms with Gasteiger partial charge in [-0.1, -0.05) is 13.3 Å². The van der Waals surface area contributed by atoms with Crippen molar-refractivity contribution in [1.29, 1.82) is 0 Å². The summed E-state index contributed by atoms with van der Waals surface area (Å²) in [6, 6.07) is 5.90. The maximum absolute atomic E-state index is 12.2. The van der Waals surface area contributed by atoms with Gasteiger partial charge in [-0.05, 0) is 37.1 Å². The lowest BCUT2D eigenvalue weighted by molar-refractivity contribution is -0.650. The first-order valence-electron chi connectivity index (χ1n) is 7.54. The van der Waals surface area contributed by atoms with E-state index in [2.05, 4.69) is 19.2 Å². The molecule has 1 amide bonds. The van der Waals surface area contributed by atoms with Crippen LogP contribution >= 0.6 is 0 Å². The largest absolute Gasteiger partial charge is 0.490 e. The van der Waals surface area contributed by atoms with Gasteiger partial charge in [-0.15, -0.1) is 0 Å². The quantitative estimate of drug-likeness (QED) is 0.831. The lowest BCUT2D eigenvalue weighted by Crippen LogP contribution is -2.88. The molecule has 0 bridgehead atoms. The lowest BCUT2D eigenvalue weighted by atomic mass is 10.1. The molecule has 0 aromatic heterocycles. The summed E-state index contributed by atoms with van der Waals surface area (Å²) in [7, 11) is 1.96. The van der Waals surface area contributed by atoms with Crippen molar-refractivity contribution in [3.8, 4) is 5.75 Å². The molecule has 20 heavy (non-hydrogen) atoms. The smallest absolute Gasteiger partial charge is 0.282 e. The zero-order valence-corrected chi connectivity index (χ0v) is 12.6. The maximum atomic E-state index is 12.2. The van der Waals surface area contributed by atoms with Gasteiger partial charge in [0.15, 0.2) is 6.04 Å². The number of hydrogen-bond acceptors (Lipinski definition) is 2. The van der Waals surface area contributed by atoms with Crippen molar-refractivity contribution >= 4 is 11.6 Å². The van der Waals surface area contributed by atoms with Crippen molar-refractivity contribution in [3.05, 3.63) is 23.8 Å². The van der Waals surface area contributed by atoms with Gasteiger partial charge < -0.3 is 15.4 Å². The van der Waals surface area contributed by atoms with E-state index < -0.39 is 0 Å². The first-order chi connectivity index (χ1) is 9.63. The van der Waals surface area contributed by atoms with E-state index in [0.717, 1.165) is 37.1 Å². The van der Waals surface area contributed by atoms with Crippen molar-refractivity contribution in [1.82, 2.24) is 0 Å². The summed E-state index contributed by atoms with van der Waals surface area (Å²) >= 11 is 0. The second kappa shape index (κ2) is 6.75. The molecule has 110 valence electrons. The molecule has 2 atom stereocenters. The Morgan fingerprint density at radius 1 is 1.55 bits per heavy atom. The van der Waals surface area contributed by atoms with Gasteiger partial charge in [-0.25, -0.2) is 0 Å². The number of anilines is 1. The summed E-state index contributed by atoms with van der Waals surface area (Å²) in [6.07, 6.45) is 4.27. The van der Waals surface area contributed by atoms with Crippen LogP contribution in [0.2, 0.25) is 0 Å². The Bertz CT molecular complexity index is 474. The van der Waals surface area contributed by atoms with Crippen LogP contribution in [-0.4, -0.2) is 25.1 Å². The van der Waals surface area contributed by atoms with Crippen LogP contribution in [-0.2, 0) is 11.2 Å². The third kappa shape index (κ3) is 3.51. The second-order valence-corrected chi connectivity index (χ2v) is 5.53. The number of nitrogens with two attached hydrogens (primary N) is 1. The SMILES string of the molecule is CCCC[C@H]([NH2+]C)C(=O)Nc1ccc2c(c1)C[C@H](C)O2. The topological polar surface area (TPSA) is 54.9 Å². The van der Waals surface area contributed by atoms with Gasteiger partial charge >= 0.3 is 0 Å². The minimum absolute atomic E-state index is 0.00150. The first-order valence-corrected chi connectivity index (χ1v) is 7.54. The molecule has 3 N–H and O–H groups in total. The highest BCUT2D eigenvalue weighted by atomic mass is 16.5. The van der Waals surface area contributed by atoms with Gasteiger partial charge in [-0.2, -0.15) is 0 Å². The molecule has 0 saturated carbocycles. The number of unbranched alkanes of at least 4 members (excludes halogenated alkanes) is 1. The van der Waals surface area contributed by atoms with Crippen molar-refractivity contribution < 1.29 is 14.8 Å². The lowest BCUT2D eigenvalue weighted by Gasteiger charge is -2.13. The van der Waals surface area contributed by atoms with E-state index in [1.165, 1.54) is 5.56 Å². The zero-order valence-electron chi connectivity index (χ0n) is 12.6. The molecule has 0 fully saturated rings. The van der Waals surface area contributed by atoms with E-state index in [-0.39, 0.29) is 18.1 Å². The minimum Gasteiger partial charge on any atom is -0.490 e. The van der Waals surface area contributed by atoms with Crippen LogP contribution in [0.5, 0.6) is 5.75 Å². The summed E-state index contributed by atoms with van der Waals surface area (Å²) in [6.45, 7) is 4.21. The number of carbonyl (C=O) groups is 1. The number of quaternary nitrogens is 1. The first kappa shape index (κ1) is 14.9. The molecule has 4 nitrogen and oxygen atoms in total. The van der Waals surface area contributed by atoms with Crippen LogP contribution in [0.1, 0.15) is 38.7 Å². The monoisotopic (exact) mass is 277 g/mol. The molecule has 0 saturated heterocycles. The van der Waals surface area contributed by atoms with Crippen molar-refractivity contribution in [2.75, 3.05) is 12.4 Å². The third-order valence-electron chi connectivity index (χ3n) is 3.77. The fourth-order valence-corrected chi connectivity index (χ4v) is 2.61. The number of ether oxygens (including phenoxy) is 1. The molecule has 4 heteroatoms. The molecule has 0 aliphatic carbocycles. The van der Waals surface area contributed by atoms with Crippen LogP contribution in [0.4, 0.5) is 5.69 Å². The van der Waals surface area contributed by atoms with Crippen LogP contribution in [0, 0.1) is 0 Å². The van der Waals surface area contributed by atoms with Gasteiger partial charge in [0.2, 0.25) is 0 Å². The Kier molecular flexibility index (Phi) is 5.01. The number of hydrogen-bond donors (Lipinski definition) is 2. The molecule has 1 aromatic rings. The molecular weight excluding hydrogens is 252 g/mol. The summed E-state index contributed by atoms with van der Waals surface area (Å²) in [5, 5.41) is 5.01. The van der Waals surface area contributed by atoms with Crippen LogP contribution in [0.3, 0.4) is 0 Å². The Labute approximate surface area is 120 Å². The van der Waals surface area contributed by atoms with Gasteiger partial charge in [0.25, 0.3) is 5.91 Å². The Morgan fingerprint density at radius 2 is 2.35 bits per heavy atom. The van der Waals surface area contributed by atoms with Crippen molar-refractivity contribution in [3.63, 3.8) is 0 Å². The molecule has 1 heterocycles. The number of likely N-dealkylation sites (N-methyl/N-ethyl adjacent to an activating group) is 1. The number of amides is 1. The molecule has 0 spiro atoms. The minimum atomic E-state index is -0.00150. The summed E-state index contributed by atoms with van der Waals surface area (Å²) in [5.74, 6) is 1.04. The summed E-state index contributed by atoms with van der Waals surface area (Å²) < 4.78 is 5.67. The Hall–Kier alpha value is -1.55. The second-order valence-electron chi connectivity index (χ2n) is 5.53. The Balaban J connectivity index is 1.99. The summed E-state index contributed by atoms with van der Waals surface area (Å²) in [5.41, 5.74) is 2.05. The van der Waals surface area contributed by atoms with E-state index in [1.807, 2.05) is 30.6 Å². The van der Waals surface area contributed by atoms with Gasteiger partial charge in [0.1, 0.15) is 11.9 Å². The third-order valence-corrected chi connectivity index (χ3v) is 3.77. The molecule has 1 aliphatic heterocycles. The number of carbonyl (C=O) groups excluding carboxylic acids is 1. The predicted molar refractivity (Wildman–Crippen MR) is 80.0 cm³/mol. The van der Waals surface area contributed by atoms with E-state index >= 15 is 0 Å². The zero-order chi connectivity index (χ0) is 14.5. The average molecular weight is 277 g/mol. The highest BCUT2D eigenvalue weighted by molar-refractivity contribution is 5.94. The van der Waals surface area contributed by atoms with Gasteiger partial charge in [0, 0.05) is 18.5 Å². The van der Waals surface area contributed by atoms with Gasteiger partial charge in [0.05, 0.1) is 7.05 Å². The summed E-state index contributed by atoms with van der Waals surface area (Å²) in [4.78, 5) is 12.2. The van der Waals surface area contributed by atoms with E-state index in [0.29, 0.717) is 0 Å². The predicted octanol–water partition coefficient (Wildman–Crippen LogP) is 1.70. The average Bonchev–Trinajstić information content (AvgIpc) is 2.79. The van der Waals surface area contributed by atoms with E-state index in [9.17, 15) is 4.79 Å². The van der Waals surface area contributed by atoms with Crippen molar-refractivity contribution in [2.24, 2.45) is 0 Å². The number of rotatable bonds is 6. The Morgan fingerprint density at radius 3 is 3.05 bits per heavy atom. The normalized spacial score (nSPS) is 18.2. The molecule has 0 radical (unpaired) electrons. The fraction of sp³-hybridized carbons (Fsp3) is 0.562. The standard InChI is InChI=1S/C16H24N2O2/c1-4-5-6-14(17-3)16(19)18-13-7-8-15-12(10-13)9-11(2)20-15/h7-8,10-11,14,17H,4-6,9H2,1-3H3,(H,18,19)/p+1/t11-,14-/m0/s1. The molecule has 1 aromatic carbocycles.